The summed E-state index contributed by atoms with van der Waals surface area (Å²) in [6, 6.07) is 14.2. The van der Waals surface area contributed by atoms with Crippen molar-refractivity contribution < 1.29 is 9.47 Å². The third-order valence-corrected chi connectivity index (χ3v) is 3.97. The van der Waals surface area contributed by atoms with Crippen LogP contribution >= 0.6 is 0 Å². The number of methoxy groups -OCH3 is 2. The number of hydrogen-bond donors (Lipinski definition) is 2. The van der Waals surface area contributed by atoms with Crippen molar-refractivity contribution in [3.05, 3.63) is 59.2 Å². The first-order valence-electron chi connectivity index (χ1n) is 8.37. The van der Waals surface area contributed by atoms with E-state index in [4.69, 9.17) is 9.47 Å². The van der Waals surface area contributed by atoms with Crippen molar-refractivity contribution in [2.45, 2.75) is 19.9 Å². The SMILES string of the molecule is CN=C(NCCc1cc(C)ccc1OC)NCc1ccc(OC)cc1. The third-order valence-electron chi connectivity index (χ3n) is 3.97. The van der Waals surface area contributed by atoms with E-state index in [2.05, 4.69) is 34.7 Å². The zero-order chi connectivity index (χ0) is 18.1. The number of aliphatic imine (C=N–C) groups is 1. The Morgan fingerprint density at radius 2 is 1.76 bits per heavy atom. The lowest BCUT2D eigenvalue weighted by atomic mass is 10.1. The van der Waals surface area contributed by atoms with Gasteiger partial charge in [0, 0.05) is 20.1 Å². The van der Waals surface area contributed by atoms with Crippen LogP contribution in [0.4, 0.5) is 0 Å². The fraction of sp³-hybridized carbons (Fsp3) is 0.350. The van der Waals surface area contributed by atoms with E-state index in [1.54, 1.807) is 21.3 Å². The Kier molecular flexibility index (Phi) is 7.14. The molecular weight excluding hydrogens is 314 g/mol. The molecule has 0 radical (unpaired) electrons. The molecule has 0 aromatic heterocycles. The molecule has 0 fully saturated rings. The standard InChI is InChI=1S/C20H27N3O2/c1-15-5-10-19(25-4)17(13-15)11-12-22-20(21-2)23-14-16-6-8-18(24-3)9-7-16/h5-10,13H,11-12,14H2,1-4H3,(H2,21,22,23). The Labute approximate surface area is 150 Å². The van der Waals surface area contributed by atoms with Gasteiger partial charge in [0.15, 0.2) is 5.96 Å². The second-order valence-electron chi connectivity index (χ2n) is 5.77. The zero-order valence-electron chi connectivity index (χ0n) is 15.4. The average Bonchev–Trinajstić information content (AvgIpc) is 2.65. The lowest BCUT2D eigenvalue weighted by Gasteiger charge is -2.14. The average molecular weight is 341 g/mol. The highest BCUT2D eigenvalue weighted by Crippen LogP contribution is 2.19. The smallest absolute Gasteiger partial charge is 0.191 e. The number of aryl methyl sites for hydroxylation is 1. The second-order valence-corrected chi connectivity index (χ2v) is 5.77. The van der Waals surface area contributed by atoms with E-state index >= 15 is 0 Å². The fourth-order valence-electron chi connectivity index (χ4n) is 2.57. The molecular formula is C20H27N3O2. The molecule has 0 amide bonds. The Hall–Kier alpha value is -2.69. The van der Waals surface area contributed by atoms with Gasteiger partial charge in [-0.15, -0.1) is 0 Å². The van der Waals surface area contributed by atoms with E-state index in [9.17, 15) is 0 Å². The molecule has 2 aromatic rings. The number of benzene rings is 2. The summed E-state index contributed by atoms with van der Waals surface area (Å²) in [5, 5.41) is 6.66. The van der Waals surface area contributed by atoms with Gasteiger partial charge in [0.2, 0.25) is 0 Å². The molecule has 25 heavy (non-hydrogen) atoms. The highest BCUT2D eigenvalue weighted by molar-refractivity contribution is 5.79. The molecule has 0 saturated carbocycles. The lowest BCUT2D eigenvalue weighted by molar-refractivity contribution is 0.409. The molecule has 0 aliphatic carbocycles. The Morgan fingerprint density at radius 3 is 2.40 bits per heavy atom. The van der Waals surface area contributed by atoms with Crippen molar-refractivity contribution >= 4 is 5.96 Å². The summed E-state index contributed by atoms with van der Waals surface area (Å²) < 4.78 is 10.6. The van der Waals surface area contributed by atoms with Crippen LogP contribution < -0.4 is 20.1 Å². The van der Waals surface area contributed by atoms with Crippen LogP contribution in [-0.4, -0.2) is 33.8 Å². The summed E-state index contributed by atoms with van der Waals surface area (Å²) >= 11 is 0. The maximum Gasteiger partial charge on any atom is 0.191 e. The minimum atomic E-state index is 0.706. The van der Waals surface area contributed by atoms with Crippen LogP contribution in [0.1, 0.15) is 16.7 Å². The van der Waals surface area contributed by atoms with Gasteiger partial charge in [-0.1, -0.05) is 29.8 Å². The van der Waals surface area contributed by atoms with Crippen molar-refractivity contribution in [3.63, 3.8) is 0 Å². The maximum atomic E-state index is 5.42. The third kappa shape index (κ3) is 5.71. The topological polar surface area (TPSA) is 54.9 Å². The van der Waals surface area contributed by atoms with Gasteiger partial charge in [0.25, 0.3) is 0 Å². The second kappa shape index (κ2) is 9.57. The molecule has 5 nitrogen and oxygen atoms in total. The van der Waals surface area contributed by atoms with Crippen LogP contribution in [0, 0.1) is 6.92 Å². The van der Waals surface area contributed by atoms with E-state index in [1.807, 2.05) is 30.3 Å². The fourth-order valence-corrected chi connectivity index (χ4v) is 2.57. The molecule has 0 saturated heterocycles. The van der Waals surface area contributed by atoms with Gasteiger partial charge in [-0.25, -0.2) is 0 Å². The first-order valence-corrected chi connectivity index (χ1v) is 8.37. The highest BCUT2D eigenvalue weighted by Gasteiger charge is 2.04. The molecule has 2 aromatic carbocycles. The van der Waals surface area contributed by atoms with E-state index in [0.29, 0.717) is 6.54 Å². The molecule has 0 bridgehead atoms. The van der Waals surface area contributed by atoms with E-state index in [1.165, 1.54) is 16.7 Å². The summed E-state index contributed by atoms with van der Waals surface area (Å²) in [6.45, 7) is 3.57. The molecule has 0 heterocycles. The summed E-state index contributed by atoms with van der Waals surface area (Å²) in [5.74, 6) is 2.56. The van der Waals surface area contributed by atoms with Crippen molar-refractivity contribution in [2.24, 2.45) is 4.99 Å². The number of nitrogens with one attached hydrogen (secondary N) is 2. The first kappa shape index (κ1) is 18.6. The molecule has 5 heteroatoms. The van der Waals surface area contributed by atoms with Crippen molar-refractivity contribution in [1.82, 2.24) is 10.6 Å². The number of ether oxygens (including phenoxy) is 2. The highest BCUT2D eigenvalue weighted by atomic mass is 16.5. The van der Waals surface area contributed by atoms with Crippen LogP contribution in [0.25, 0.3) is 0 Å². The number of hydrogen-bond acceptors (Lipinski definition) is 3. The zero-order valence-corrected chi connectivity index (χ0v) is 15.4. The Bertz CT molecular complexity index is 697. The predicted octanol–water partition coefficient (Wildman–Crippen LogP) is 2.92. The predicted molar refractivity (Wildman–Crippen MR) is 103 cm³/mol. The van der Waals surface area contributed by atoms with Crippen molar-refractivity contribution in [3.8, 4) is 11.5 Å². The van der Waals surface area contributed by atoms with Crippen LogP contribution in [0.3, 0.4) is 0 Å². The normalized spacial score (nSPS) is 11.1. The van der Waals surface area contributed by atoms with Gasteiger partial charge in [-0.2, -0.15) is 0 Å². The summed E-state index contributed by atoms with van der Waals surface area (Å²) in [5.41, 5.74) is 3.60. The van der Waals surface area contributed by atoms with Crippen molar-refractivity contribution in [1.29, 1.82) is 0 Å². The minimum Gasteiger partial charge on any atom is -0.497 e. The quantitative estimate of drug-likeness (QED) is 0.601. The van der Waals surface area contributed by atoms with Gasteiger partial charge in [-0.05, 0) is 42.7 Å². The molecule has 2 N–H and O–H groups in total. The molecule has 0 atom stereocenters. The van der Waals surface area contributed by atoms with Crippen LogP contribution in [0.15, 0.2) is 47.5 Å². The van der Waals surface area contributed by atoms with Crippen molar-refractivity contribution in [2.75, 3.05) is 27.8 Å². The van der Waals surface area contributed by atoms with E-state index in [-0.39, 0.29) is 0 Å². The Balaban J connectivity index is 1.83. The summed E-state index contributed by atoms with van der Waals surface area (Å²) in [4.78, 5) is 4.27. The molecule has 0 aliphatic heterocycles. The summed E-state index contributed by atoms with van der Waals surface area (Å²) in [6.07, 6.45) is 0.869. The number of guanidine groups is 1. The molecule has 0 aliphatic rings. The van der Waals surface area contributed by atoms with Gasteiger partial charge >= 0.3 is 0 Å². The minimum absolute atomic E-state index is 0.706. The lowest BCUT2D eigenvalue weighted by Crippen LogP contribution is -2.37. The number of nitrogens with zero attached hydrogens (tertiary/aromatic N) is 1. The summed E-state index contributed by atoms with van der Waals surface area (Å²) in [7, 11) is 5.15. The van der Waals surface area contributed by atoms with Gasteiger partial charge in [0.05, 0.1) is 14.2 Å². The maximum absolute atomic E-state index is 5.42. The largest absolute Gasteiger partial charge is 0.497 e. The van der Waals surface area contributed by atoms with Crippen LogP contribution in [-0.2, 0) is 13.0 Å². The molecule has 0 spiro atoms. The number of rotatable bonds is 7. The monoisotopic (exact) mass is 341 g/mol. The molecule has 0 unspecified atom stereocenters. The molecule has 2 rings (SSSR count). The first-order chi connectivity index (χ1) is 12.2. The van der Waals surface area contributed by atoms with Gasteiger partial charge < -0.3 is 20.1 Å². The molecule has 134 valence electrons. The van der Waals surface area contributed by atoms with E-state index < -0.39 is 0 Å². The van der Waals surface area contributed by atoms with E-state index in [0.717, 1.165) is 30.4 Å². The van der Waals surface area contributed by atoms with Gasteiger partial charge in [-0.3, -0.25) is 4.99 Å². The van der Waals surface area contributed by atoms with Gasteiger partial charge in [0.1, 0.15) is 11.5 Å². The van der Waals surface area contributed by atoms with Crippen LogP contribution in [0.5, 0.6) is 11.5 Å². The Morgan fingerprint density at radius 1 is 1.00 bits per heavy atom. The van der Waals surface area contributed by atoms with Crippen LogP contribution in [0.2, 0.25) is 0 Å².